The average molecular weight is 468 g/mol. The minimum Gasteiger partial charge on any atom is -0.428 e. The summed E-state index contributed by atoms with van der Waals surface area (Å²) >= 11 is 20.1. The highest BCUT2D eigenvalue weighted by molar-refractivity contribution is 8.22. The zero-order valence-corrected chi connectivity index (χ0v) is 19.2. The minimum absolute atomic E-state index is 0.322. The molecule has 2 aromatic carbocycles. The Morgan fingerprint density at radius 1 is 1.11 bits per heavy atom. The number of thioether (sulfide) groups is 1. The predicted molar refractivity (Wildman–Crippen MR) is 125 cm³/mol. The molecule has 1 heterocycles. The van der Waals surface area contributed by atoms with E-state index in [9.17, 15) is 4.79 Å². The van der Waals surface area contributed by atoms with Crippen LogP contribution in [0.25, 0.3) is 21.7 Å². The smallest absolute Gasteiger partial charge is 0.283 e. The van der Waals surface area contributed by atoms with Gasteiger partial charge in [-0.3, -0.25) is 4.79 Å². The van der Waals surface area contributed by atoms with E-state index in [4.69, 9.17) is 40.2 Å². The number of hydrogen-bond donors (Lipinski definition) is 0. The maximum absolute atomic E-state index is 13.1. The lowest BCUT2D eigenvalue weighted by molar-refractivity contribution is 0.596. The number of hydrogen-bond acceptors (Lipinski definition) is 6. The summed E-state index contributed by atoms with van der Waals surface area (Å²) in [6.45, 7) is 3.80. The Balaban J connectivity index is 2.28. The molecule has 0 atom stereocenters. The highest BCUT2D eigenvalue weighted by Gasteiger charge is 2.22. The van der Waals surface area contributed by atoms with E-state index in [1.807, 2.05) is 44.4 Å². The van der Waals surface area contributed by atoms with E-state index >= 15 is 0 Å². The molecule has 8 heteroatoms. The second kappa shape index (κ2) is 8.93. The summed E-state index contributed by atoms with van der Waals surface area (Å²) in [7, 11) is 0. The van der Waals surface area contributed by atoms with Gasteiger partial charge in [0.15, 0.2) is 5.06 Å². The molecule has 0 spiro atoms. The first-order valence-corrected chi connectivity index (χ1v) is 11.3. The fourth-order valence-electron chi connectivity index (χ4n) is 2.72. The van der Waals surface area contributed by atoms with Gasteiger partial charge >= 0.3 is 0 Å². The summed E-state index contributed by atoms with van der Waals surface area (Å²) in [6.07, 6.45) is 1.82. The highest BCUT2D eigenvalue weighted by atomic mass is 35.5. The number of nitrogens with zero attached hydrogens (tertiary/aromatic N) is 1. The molecule has 0 N–H and O–H groups in total. The van der Waals surface area contributed by atoms with E-state index in [2.05, 4.69) is 4.98 Å². The molecule has 28 heavy (non-hydrogen) atoms. The van der Waals surface area contributed by atoms with Gasteiger partial charge in [-0.25, -0.2) is 0 Å². The van der Waals surface area contributed by atoms with Crippen LogP contribution >= 0.6 is 58.5 Å². The van der Waals surface area contributed by atoms with Crippen molar-refractivity contribution >= 4 is 62.9 Å². The molecule has 0 aliphatic carbocycles. The largest absolute Gasteiger partial charge is 0.428 e. The number of halogens is 2. The van der Waals surface area contributed by atoms with E-state index < -0.39 is 5.56 Å². The molecule has 0 unspecified atom stereocenters. The molecule has 0 saturated heterocycles. The highest BCUT2D eigenvalue weighted by Crippen LogP contribution is 2.40. The molecule has 0 radical (unpaired) electrons. The van der Waals surface area contributed by atoms with E-state index in [1.54, 1.807) is 12.1 Å². The molecular formula is C20H15Cl2NO2S3. The standard InChI is InChI=1S/C20H15Cl2NO2S3/c1-10-4-9-14(22)11(2)15(10)16-17(24)23-18(12-5-7-13(21)8-6-12)28-19(16)25-20(26)27-3/h4-9H,1-3H3. The summed E-state index contributed by atoms with van der Waals surface area (Å²) in [5.74, 6) is 0. The lowest BCUT2D eigenvalue weighted by Gasteiger charge is -2.15. The van der Waals surface area contributed by atoms with Gasteiger partial charge in [0, 0.05) is 15.6 Å². The van der Waals surface area contributed by atoms with Crippen molar-refractivity contribution in [3.05, 3.63) is 67.9 Å². The van der Waals surface area contributed by atoms with Crippen LogP contribution in [-0.2, 0) is 0 Å². The Morgan fingerprint density at radius 3 is 2.43 bits per heavy atom. The third-order valence-electron chi connectivity index (χ3n) is 4.10. The van der Waals surface area contributed by atoms with Crippen molar-refractivity contribution in [1.82, 2.24) is 4.98 Å². The molecule has 3 aromatic rings. The van der Waals surface area contributed by atoms with Gasteiger partial charge in [0.2, 0.25) is 4.38 Å². The van der Waals surface area contributed by atoms with Crippen molar-refractivity contribution in [2.75, 3.05) is 6.26 Å². The quantitative estimate of drug-likeness (QED) is 0.396. The fraction of sp³-hybridized carbons (Fsp3) is 0.150. The molecule has 0 fully saturated rings. The summed E-state index contributed by atoms with van der Waals surface area (Å²) in [4.78, 5) is 17.4. The van der Waals surface area contributed by atoms with Gasteiger partial charge in [0.05, 0.1) is 0 Å². The van der Waals surface area contributed by atoms with Crippen molar-refractivity contribution < 1.29 is 4.74 Å². The van der Waals surface area contributed by atoms with Gasteiger partial charge in [0.25, 0.3) is 5.56 Å². The van der Waals surface area contributed by atoms with Crippen molar-refractivity contribution in [2.24, 2.45) is 0 Å². The number of aryl methyl sites for hydroxylation is 1. The van der Waals surface area contributed by atoms with Crippen LogP contribution in [-0.4, -0.2) is 15.6 Å². The first kappa shape index (κ1) is 21.3. The summed E-state index contributed by atoms with van der Waals surface area (Å²) in [6, 6.07) is 10.8. The summed E-state index contributed by atoms with van der Waals surface area (Å²) in [5, 5.41) is 2.11. The average Bonchev–Trinajstić information content (AvgIpc) is 2.67. The van der Waals surface area contributed by atoms with E-state index in [1.165, 1.54) is 23.1 Å². The van der Waals surface area contributed by atoms with Gasteiger partial charge in [-0.1, -0.05) is 64.5 Å². The van der Waals surface area contributed by atoms with Gasteiger partial charge in [0.1, 0.15) is 10.6 Å². The van der Waals surface area contributed by atoms with Crippen molar-refractivity contribution in [3.8, 4) is 26.8 Å². The SMILES string of the molecule is CSC(=S)Oc1sc(-c2ccc(Cl)cc2)nc(=O)c1-c1c(C)ccc(Cl)c1C. The van der Waals surface area contributed by atoms with Crippen LogP contribution in [0, 0.1) is 13.8 Å². The maximum Gasteiger partial charge on any atom is 0.283 e. The first-order valence-electron chi connectivity index (χ1n) is 8.14. The monoisotopic (exact) mass is 467 g/mol. The van der Waals surface area contributed by atoms with Crippen LogP contribution in [0.1, 0.15) is 11.1 Å². The van der Waals surface area contributed by atoms with Crippen LogP contribution in [0.2, 0.25) is 10.0 Å². The molecule has 0 saturated carbocycles. The number of ether oxygens (including phenoxy) is 1. The molecule has 0 aliphatic rings. The molecule has 3 nitrogen and oxygen atoms in total. The minimum atomic E-state index is -0.393. The Labute approximate surface area is 186 Å². The van der Waals surface area contributed by atoms with E-state index in [-0.39, 0.29) is 0 Å². The number of benzene rings is 2. The summed E-state index contributed by atoms with van der Waals surface area (Å²) < 4.78 is 6.19. The molecule has 0 aliphatic heterocycles. The molecule has 0 amide bonds. The number of thiocarbonyl (C=S) groups is 1. The Kier molecular flexibility index (Phi) is 6.78. The fourth-order valence-corrected chi connectivity index (χ4v) is 4.33. The van der Waals surface area contributed by atoms with E-state index in [0.29, 0.717) is 30.1 Å². The van der Waals surface area contributed by atoms with Gasteiger partial charge in [-0.2, -0.15) is 4.98 Å². The van der Waals surface area contributed by atoms with Gasteiger partial charge in [-0.15, -0.1) is 0 Å². The lowest BCUT2D eigenvalue weighted by Crippen LogP contribution is -2.14. The Bertz CT molecular complexity index is 1110. The van der Waals surface area contributed by atoms with Crippen LogP contribution in [0.4, 0.5) is 0 Å². The van der Waals surface area contributed by atoms with Crippen molar-refractivity contribution in [3.63, 3.8) is 0 Å². The molecule has 144 valence electrons. The van der Waals surface area contributed by atoms with Crippen LogP contribution < -0.4 is 10.3 Å². The number of rotatable bonds is 3. The Morgan fingerprint density at radius 2 is 1.79 bits per heavy atom. The van der Waals surface area contributed by atoms with Gasteiger partial charge < -0.3 is 4.74 Å². The molecule has 0 bridgehead atoms. The maximum atomic E-state index is 13.1. The Hall–Kier alpha value is -1.44. The van der Waals surface area contributed by atoms with E-state index in [0.717, 1.165) is 22.3 Å². The molecule has 1 aromatic heterocycles. The summed E-state index contributed by atoms with van der Waals surface area (Å²) in [5.41, 5.74) is 3.19. The van der Waals surface area contributed by atoms with Crippen molar-refractivity contribution in [2.45, 2.75) is 13.8 Å². The second-order valence-electron chi connectivity index (χ2n) is 5.91. The third-order valence-corrected chi connectivity index (χ3v) is 6.76. The third kappa shape index (κ3) is 4.42. The topological polar surface area (TPSA) is 39.2 Å². The lowest BCUT2D eigenvalue weighted by atomic mass is 9.98. The second-order valence-corrected chi connectivity index (χ2v) is 9.13. The van der Waals surface area contributed by atoms with Crippen LogP contribution in [0.3, 0.4) is 0 Å². The van der Waals surface area contributed by atoms with Gasteiger partial charge in [-0.05, 0) is 67.2 Å². The molecule has 3 rings (SSSR count). The number of aromatic nitrogens is 1. The predicted octanol–water partition coefficient (Wildman–Crippen LogP) is 6.79. The molecular weight excluding hydrogens is 453 g/mol. The first-order chi connectivity index (χ1) is 13.3. The van der Waals surface area contributed by atoms with Crippen LogP contribution in [0.5, 0.6) is 5.06 Å². The zero-order chi connectivity index (χ0) is 20.4. The van der Waals surface area contributed by atoms with Crippen LogP contribution in [0.15, 0.2) is 41.2 Å². The van der Waals surface area contributed by atoms with Crippen molar-refractivity contribution in [1.29, 1.82) is 0 Å². The zero-order valence-electron chi connectivity index (χ0n) is 15.2. The normalized spacial score (nSPS) is 10.8.